The zero-order valence-electron chi connectivity index (χ0n) is 8.71. The van der Waals surface area contributed by atoms with Crippen molar-refractivity contribution in [2.75, 3.05) is 5.32 Å². The van der Waals surface area contributed by atoms with Crippen molar-refractivity contribution in [1.29, 1.82) is 0 Å². The fourth-order valence-electron chi connectivity index (χ4n) is 1.35. The van der Waals surface area contributed by atoms with E-state index in [0.29, 0.717) is 12.0 Å². The van der Waals surface area contributed by atoms with Gasteiger partial charge in [-0.1, -0.05) is 11.2 Å². The number of hydrogen-bond donors (Lipinski definition) is 1. The van der Waals surface area contributed by atoms with E-state index < -0.39 is 0 Å². The minimum absolute atomic E-state index is 0.327. The molecule has 0 aromatic carbocycles. The van der Waals surface area contributed by atoms with Crippen molar-refractivity contribution in [2.45, 2.75) is 19.4 Å². The third-order valence-electron chi connectivity index (χ3n) is 2.08. The number of anilines is 1. The Labute approximate surface area is 92.1 Å². The van der Waals surface area contributed by atoms with Crippen LogP contribution in [0.15, 0.2) is 17.5 Å². The lowest BCUT2D eigenvalue weighted by molar-refractivity contribution is 0.700. The van der Waals surface area contributed by atoms with Gasteiger partial charge in [0, 0.05) is 24.4 Å². The van der Waals surface area contributed by atoms with Gasteiger partial charge in [0.2, 0.25) is 5.95 Å². The number of tetrazole rings is 1. The van der Waals surface area contributed by atoms with E-state index in [4.69, 9.17) is 0 Å². The summed E-state index contributed by atoms with van der Waals surface area (Å²) >= 11 is 1.77. The fourth-order valence-corrected chi connectivity index (χ4v) is 2.19. The average molecular weight is 223 g/mol. The van der Waals surface area contributed by atoms with Gasteiger partial charge in [0.15, 0.2) is 0 Å². The highest BCUT2D eigenvalue weighted by atomic mass is 32.1. The van der Waals surface area contributed by atoms with Gasteiger partial charge >= 0.3 is 0 Å². The molecule has 0 bridgehead atoms. The van der Waals surface area contributed by atoms with Crippen molar-refractivity contribution in [3.63, 3.8) is 0 Å². The number of hydrogen-bond acceptors (Lipinski definition) is 5. The van der Waals surface area contributed by atoms with Crippen LogP contribution in [0.25, 0.3) is 0 Å². The van der Waals surface area contributed by atoms with Crippen LogP contribution in [0, 0.1) is 0 Å². The first-order chi connectivity index (χ1) is 7.25. The van der Waals surface area contributed by atoms with Crippen LogP contribution >= 0.6 is 11.3 Å². The van der Waals surface area contributed by atoms with Crippen LogP contribution in [0.1, 0.15) is 11.8 Å². The molecule has 0 aliphatic carbocycles. The van der Waals surface area contributed by atoms with Crippen LogP contribution in [0.5, 0.6) is 0 Å². The molecule has 2 heterocycles. The molecule has 0 radical (unpaired) electrons. The smallest absolute Gasteiger partial charge is 0.242 e. The number of nitrogens with one attached hydrogen (secondary N) is 1. The lowest BCUT2D eigenvalue weighted by Gasteiger charge is -2.11. The highest BCUT2D eigenvalue weighted by Crippen LogP contribution is 2.12. The number of aromatic nitrogens is 4. The predicted octanol–water partition coefficient (Wildman–Crippen LogP) is 1.31. The van der Waals surface area contributed by atoms with E-state index in [1.807, 2.05) is 7.05 Å². The Hall–Kier alpha value is -1.43. The molecule has 15 heavy (non-hydrogen) atoms. The summed E-state index contributed by atoms with van der Waals surface area (Å²) in [6.45, 7) is 2.12. The Morgan fingerprint density at radius 3 is 3.07 bits per heavy atom. The summed E-state index contributed by atoms with van der Waals surface area (Å²) in [5.74, 6) is 0.707. The van der Waals surface area contributed by atoms with Crippen molar-refractivity contribution >= 4 is 17.3 Å². The maximum absolute atomic E-state index is 3.88. The number of thiophene rings is 1. The number of nitrogens with zero attached hydrogens (tertiary/aromatic N) is 4. The van der Waals surface area contributed by atoms with E-state index in [2.05, 4.69) is 45.3 Å². The van der Waals surface area contributed by atoms with E-state index in [9.17, 15) is 0 Å². The highest BCUT2D eigenvalue weighted by molar-refractivity contribution is 7.09. The summed E-state index contributed by atoms with van der Waals surface area (Å²) in [6, 6.07) is 4.53. The van der Waals surface area contributed by atoms with Crippen LogP contribution in [-0.2, 0) is 13.5 Å². The van der Waals surface area contributed by atoms with Gasteiger partial charge in [-0.25, -0.2) is 4.68 Å². The molecule has 0 aliphatic heterocycles. The minimum atomic E-state index is 0.327. The third kappa shape index (κ3) is 2.53. The van der Waals surface area contributed by atoms with Gasteiger partial charge in [-0.2, -0.15) is 0 Å². The fraction of sp³-hybridized carbons (Fsp3) is 0.444. The molecule has 2 rings (SSSR count). The van der Waals surface area contributed by atoms with E-state index in [0.717, 1.165) is 6.42 Å². The molecular weight excluding hydrogens is 210 g/mol. The second kappa shape index (κ2) is 4.39. The molecule has 0 aliphatic rings. The molecule has 6 heteroatoms. The predicted molar refractivity (Wildman–Crippen MR) is 59.9 cm³/mol. The van der Waals surface area contributed by atoms with E-state index in [1.54, 1.807) is 16.0 Å². The van der Waals surface area contributed by atoms with Crippen LogP contribution < -0.4 is 5.32 Å². The molecule has 5 nitrogen and oxygen atoms in total. The third-order valence-corrected chi connectivity index (χ3v) is 2.98. The summed E-state index contributed by atoms with van der Waals surface area (Å²) in [5, 5.41) is 16.6. The van der Waals surface area contributed by atoms with E-state index >= 15 is 0 Å². The lowest BCUT2D eigenvalue weighted by Crippen LogP contribution is -2.20. The van der Waals surface area contributed by atoms with Gasteiger partial charge < -0.3 is 5.32 Å². The minimum Gasteiger partial charge on any atom is -0.350 e. The summed E-state index contributed by atoms with van der Waals surface area (Å²) < 4.78 is 1.63. The molecule has 0 amide bonds. The molecular formula is C9H13N5S. The van der Waals surface area contributed by atoms with Gasteiger partial charge in [-0.15, -0.1) is 11.3 Å². The largest absolute Gasteiger partial charge is 0.350 e. The quantitative estimate of drug-likeness (QED) is 0.849. The Morgan fingerprint density at radius 1 is 1.60 bits per heavy atom. The Balaban J connectivity index is 1.93. The summed E-state index contributed by atoms with van der Waals surface area (Å²) in [6.07, 6.45) is 0.991. The van der Waals surface area contributed by atoms with Crippen LogP contribution in [0.4, 0.5) is 5.95 Å². The van der Waals surface area contributed by atoms with Crippen molar-refractivity contribution in [3.8, 4) is 0 Å². The molecule has 0 saturated heterocycles. The van der Waals surface area contributed by atoms with E-state index in [1.165, 1.54) is 4.88 Å². The molecule has 1 unspecified atom stereocenters. The maximum atomic E-state index is 3.88. The van der Waals surface area contributed by atoms with Gasteiger partial charge in [0.05, 0.1) is 0 Å². The van der Waals surface area contributed by atoms with Gasteiger partial charge in [-0.3, -0.25) is 0 Å². The van der Waals surface area contributed by atoms with Gasteiger partial charge in [0.25, 0.3) is 0 Å². The molecule has 80 valence electrons. The zero-order chi connectivity index (χ0) is 10.7. The van der Waals surface area contributed by atoms with E-state index in [-0.39, 0.29) is 0 Å². The first kappa shape index (κ1) is 10.1. The molecule has 0 saturated carbocycles. The topological polar surface area (TPSA) is 55.6 Å². The normalized spacial score (nSPS) is 12.7. The summed E-state index contributed by atoms with van der Waals surface area (Å²) in [5.41, 5.74) is 0. The van der Waals surface area contributed by atoms with Crippen molar-refractivity contribution in [2.24, 2.45) is 7.05 Å². The average Bonchev–Trinajstić information content (AvgIpc) is 2.79. The van der Waals surface area contributed by atoms with Gasteiger partial charge in [-0.05, 0) is 28.8 Å². The number of rotatable bonds is 4. The first-order valence-electron chi connectivity index (χ1n) is 4.77. The second-order valence-corrected chi connectivity index (χ2v) is 4.49. The van der Waals surface area contributed by atoms with Crippen LogP contribution in [-0.4, -0.2) is 26.2 Å². The second-order valence-electron chi connectivity index (χ2n) is 3.45. The molecule has 0 spiro atoms. The van der Waals surface area contributed by atoms with Crippen molar-refractivity contribution in [3.05, 3.63) is 22.4 Å². The lowest BCUT2D eigenvalue weighted by atomic mass is 10.2. The van der Waals surface area contributed by atoms with Crippen LogP contribution in [0.3, 0.4) is 0 Å². The monoisotopic (exact) mass is 223 g/mol. The molecule has 2 aromatic heterocycles. The SMILES string of the molecule is CC(Cc1cccs1)Nc1nnnn1C. The maximum Gasteiger partial charge on any atom is 0.242 e. The molecule has 2 aromatic rings. The highest BCUT2D eigenvalue weighted by Gasteiger charge is 2.08. The molecule has 1 N–H and O–H groups in total. The van der Waals surface area contributed by atoms with Crippen molar-refractivity contribution < 1.29 is 0 Å². The first-order valence-corrected chi connectivity index (χ1v) is 5.65. The summed E-state index contributed by atoms with van der Waals surface area (Å²) in [7, 11) is 1.82. The standard InChI is InChI=1S/C9H13N5S/c1-7(6-8-4-3-5-15-8)10-9-11-12-13-14(9)2/h3-5,7H,6H2,1-2H3,(H,10,11,13). The Bertz CT molecular complexity index is 408. The van der Waals surface area contributed by atoms with Crippen molar-refractivity contribution in [1.82, 2.24) is 20.2 Å². The van der Waals surface area contributed by atoms with Gasteiger partial charge in [0.1, 0.15) is 0 Å². The van der Waals surface area contributed by atoms with Crippen LogP contribution in [0.2, 0.25) is 0 Å². The Morgan fingerprint density at radius 2 is 2.47 bits per heavy atom. The Kier molecular flexibility index (Phi) is 2.96. The molecule has 1 atom stereocenters. The summed E-state index contributed by atoms with van der Waals surface area (Å²) in [4.78, 5) is 1.37. The number of aryl methyl sites for hydroxylation is 1. The zero-order valence-corrected chi connectivity index (χ0v) is 9.53. The molecule has 0 fully saturated rings.